The van der Waals surface area contributed by atoms with Gasteiger partial charge in [0.1, 0.15) is 0 Å². The molecule has 1 fully saturated rings. The first kappa shape index (κ1) is 16.2. The van der Waals surface area contributed by atoms with Gasteiger partial charge in [-0.15, -0.1) is 0 Å². The number of β-amino-alcohol motifs (C(OH)–C–C–N with tert-alkyl or cyclic N) is 1. The minimum atomic E-state index is -0.575. The summed E-state index contributed by atoms with van der Waals surface area (Å²) in [4.78, 5) is 14.1. The molecule has 1 aromatic heterocycles. The van der Waals surface area contributed by atoms with Crippen LogP contribution in [0.2, 0.25) is 0 Å². The number of fused-ring (bicyclic) bond motifs is 3. The van der Waals surface area contributed by atoms with Gasteiger partial charge in [-0.3, -0.25) is 4.79 Å². The monoisotopic (exact) mass is 336 g/mol. The van der Waals surface area contributed by atoms with Gasteiger partial charge < -0.3 is 14.6 Å². The van der Waals surface area contributed by atoms with E-state index in [1.165, 1.54) is 10.8 Å². The Bertz CT molecular complexity index is 861. The molecule has 4 rings (SSSR count). The summed E-state index contributed by atoms with van der Waals surface area (Å²) in [7, 11) is 0. The van der Waals surface area contributed by atoms with Gasteiger partial charge in [0.2, 0.25) is 5.91 Å². The maximum Gasteiger partial charge on any atom is 0.225 e. The largest absolute Gasteiger partial charge is 0.389 e. The van der Waals surface area contributed by atoms with Gasteiger partial charge >= 0.3 is 0 Å². The second-order valence-electron chi connectivity index (χ2n) is 7.13. The SMILES string of the molecule is CC1CCCN(CC(O)Cn2c3ccccc3c3ccccc32)C1=O. The van der Waals surface area contributed by atoms with Crippen LogP contribution in [-0.2, 0) is 11.3 Å². The van der Waals surface area contributed by atoms with Crippen LogP contribution in [0.25, 0.3) is 21.8 Å². The quantitative estimate of drug-likeness (QED) is 0.793. The zero-order valence-corrected chi connectivity index (χ0v) is 14.6. The summed E-state index contributed by atoms with van der Waals surface area (Å²) in [6.45, 7) is 3.64. The van der Waals surface area contributed by atoms with Gasteiger partial charge in [0.25, 0.3) is 0 Å². The average Bonchev–Trinajstić information content (AvgIpc) is 2.94. The lowest BCUT2D eigenvalue weighted by molar-refractivity contribution is -0.139. The van der Waals surface area contributed by atoms with Crippen LogP contribution < -0.4 is 0 Å². The number of carbonyl (C=O) groups excluding carboxylic acids is 1. The van der Waals surface area contributed by atoms with Gasteiger partial charge in [-0.2, -0.15) is 0 Å². The number of aliphatic hydroxyl groups excluding tert-OH is 1. The third-order valence-electron chi connectivity index (χ3n) is 5.30. The number of nitrogens with zero attached hydrogens (tertiary/aromatic N) is 2. The zero-order valence-electron chi connectivity index (χ0n) is 14.6. The third-order valence-corrected chi connectivity index (χ3v) is 5.30. The first-order valence-corrected chi connectivity index (χ1v) is 9.08. The van der Waals surface area contributed by atoms with Crippen molar-refractivity contribution in [3.8, 4) is 0 Å². The Morgan fingerprint density at radius 1 is 1.04 bits per heavy atom. The second kappa shape index (κ2) is 6.52. The number of aliphatic hydroxyl groups is 1. The highest BCUT2D eigenvalue weighted by atomic mass is 16.3. The van der Waals surface area contributed by atoms with Crippen molar-refractivity contribution in [3.05, 3.63) is 48.5 Å². The predicted molar refractivity (Wildman–Crippen MR) is 100 cm³/mol. The molecule has 0 saturated carbocycles. The van der Waals surface area contributed by atoms with Crippen molar-refractivity contribution in [2.24, 2.45) is 5.92 Å². The number of amides is 1. The van der Waals surface area contributed by atoms with Gasteiger partial charge in [-0.1, -0.05) is 43.3 Å². The average molecular weight is 336 g/mol. The molecule has 25 heavy (non-hydrogen) atoms. The van der Waals surface area contributed by atoms with Crippen molar-refractivity contribution in [3.63, 3.8) is 0 Å². The van der Waals surface area contributed by atoms with E-state index >= 15 is 0 Å². The molecule has 4 heteroatoms. The summed E-state index contributed by atoms with van der Waals surface area (Å²) >= 11 is 0. The highest BCUT2D eigenvalue weighted by molar-refractivity contribution is 6.07. The van der Waals surface area contributed by atoms with E-state index in [0.717, 1.165) is 30.4 Å². The Balaban J connectivity index is 1.62. The molecule has 0 bridgehead atoms. The molecular weight excluding hydrogens is 312 g/mol. The molecule has 1 amide bonds. The number of carbonyl (C=O) groups is 1. The molecular formula is C21H24N2O2. The summed E-state index contributed by atoms with van der Waals surface area (Å²) in [6, 6.07) is 16.6. The third kappa shape index (κ3) is 2.91. The molecule has 2 unspecified atom stereocenters. The number of benzene rings is 2. The van der Waals surface area contributed by atoms with Gasteiger partial charge in [-0.05, 0) is 25.0 Å². The van der Waals surface area contributed by atoms with Gasteiger partial charge in [0.15, 0.2) is 0 Å². The Hall–Kier alpha value is -2.33. The van der Waals surface area contributed by atoms with Crippen LogP contribution in [0.15, 0.2) is 48.5 Å². The molecule has 2 atom stereocenters. The zero-order chi connectivity index (χ0) is 17.4. The molecule has 1 aliphatic heterocycles. The van der Waals surface area contributed by atoms with Crippen molar-refractivity contribution in [2.45, 2.75) is 32.4 Å². The van der Waals surface area contributed by atoms with Crippen LogP contribution in [0.5, 0.6) is 0 Å². The van der Waals surface area contributed by atoms with Crippen LogP contribution >= 0.6 is 0 Å². The van der Waals surface area contributed by atoms with Crippen molar-refractivity contribution < 1.29 is 9.90 Å². The van der Waals surface area contributed by atoms with Crippen LogP contribution in [0.3, 0.4) is 0 Å². The maximum absolute atomic E-state index is 12.3. The van der Waals surface area contributed by atoms with Crippen LogP contribution in [0, 0.1) is 5.92 Å². The summed E-state index contributed by atoms with van der Waals surface area (Å²) in [6.07, 6.45) is 1.40. The maximum atomic E-state index is 12.3. The molecule has 2 heterocycles. The number of aromatic nitrogens is 1. The van der Waals surface area contributed by atoms with Crippen LogP contribution in [0.1, 0.15) is 19.8 Å². The predicted octanol–water partition coefficient (Wildman–Crippen LogP) is 3.41. The lowest BCUT2D eigenvalue weighted by atomic mass is 9.99. The molecule has 3 aromatic rings. The van der Waals surface area contributed by atoms with Crippen LogP contribution in [0.4, 0.5) is 0 Å². The summed E-state index contributed by atoms with van der Waals surface area (Å²) < 4.78 is 2.17. The number of hydrogen-bond donors (Lipinski definition) is 1. The van der Waals surface area contributed by atoms with E-state index in [-0.39, 0.29) is 11.8 Å². The van der Waals surface area contributed by atoms with Gasteiger partial charge in [0, 0.05) is 40.8 Å². The second-order valence-corrected chi connectivity index (χ2v) is 7.13. The Morgan fingerprint density at radius 3 is 2.28 bits per heavy atom. The topological polar surface area (TPSA) is 45.5 Å². The van der Waals surface area contributed by atoms with Crippen molar-refractivity contribution >= 4 is 27.7 Å². The fraction of sp³-hybridized carbons (Fsp3) is 0.381. The van der Waals surface area contributed by atoms with Gasteiger partial charge in [-0.25, -0.2) is 0 Å². The van der Waals surface area contributed by atoms with E-state index in [0.29, 0.717) is 13.1 Å². The van der Waals surface area contributed by atoms with Gasteiger partial charge in [0.05, 0.1) is 12.6 Å². The first-order valence-electron chi connectivity index (χ1n) is 9.08. The number of likely N-dealkylation sites (tertiary alicyclic amines) is 1. The highest BCUT2D eigenvalue weighted by Gasteiger charge is 2.27. The Morgan fingerprint density at radius 2 is 1.64 bits per heavy atom. The first-order chi connectivity index (χ1) is 12.1. The standard InChI is InChI=1S/C21H24N2O2/c1-15-7-6-12-22(21(15)25)13-16(24)14-23-19-10-4-2-8-17(19)18-9-3-5-11-20(18)23/h2-5,8-11,15-16,24H,6-7,12-14H2,1H3. The highest BCUT2D eigenvalue weighted by Crippen LogP contribution is 2.29. The Kier molecular flexibility index (Phi) is 4.22. The lowest BCUT2D eigenvalue weighted by Gasteiger charge is -2.32. The number of rotatable bonds is 4. The molecule has 1 aliphatic rings. The molecule has 1 saturated heterocycles. The molecule has 4 nitrogen and oxygen atoms in total. The van der Waals surface area contributed by atoms with Crippen molar-refractivity contribution in [2.75, 3.05) is 13.1 Å². The molecule has 1 N–H and O–H groups in total. The minimum absolute atomic E-state index is 0.0780. The molecule has 0 aliphatic carbocycles. The summed E-state index contributed by atoms with van der Waals surface area (Å²) in [5, 5.41) is 13.1. The number of para-hydroxylation sites is 2. The lowest BCUT2D eigenvalue weighted by Crippen LogP contribution is -2.44. The van der Waals surface area contributed by atoms with Crippen molar-refractivity contribution in [1.82, 2.24) is 9.47 Å². The van der Waals surface area contributed by atoms with E-state index in [9.17, 15) is 9.90 Å². The fourth-order valence-corrected chi connectivity index (χ4v) is 4.04. The minimum Gasteiger partial charge on any atom is -0.389 e. The number of piperidine rings is 1. The van der Waals surface area contributed by atoms with E-state index in [1.807, 2.05) is 36.1 Å². The molecule has 0 spiro atoms. The molecule has 130 valence electrons. The van der Waals surface area contributed by atoms with E-state index in [1.54, 1.807) is 0 Å². The van der Waals surface area contributed by atoms with E-state index in [4.69, 9.17) is 0 Å². The molecule has 2 aromatic carbocycles. The van der Waals surface area contributed by atoms with Crippen LogP contribution in [-0.4, -0.2) is 39.7 Å². The number of hydrogen-bond acceptors (Lipinski definition) is 2. The fourth-order valence-electron chi connectivity index (χ4n) is 4.04. The summed E-state index contributed by atoms with van der Waals surface area (Å²) in [5.41, 5.74) is 2.25. The normalized spacial score (nSPS) is 19.7. The molecule has 0 radical (unpaired) electrons. The van der Waals surface area contributed by atoms with Crippen molar-refractivity contribution in [1.29, 1.82) is 0 Å². The summed E-state index contributed by atoms with van der Waals surface area (Å²) in [5.74, 6) is 0.252. The van der Waals surface area contributed by atoms with E-state index < -0.39 is 6.10 Å². The Labute approximate surface area is 147 Å². The smallest absolute Gasteiger partial charge is 0.225 e. The van der Waals surface area contributed by atoms with E-state index in [2.05, 4.69) is 28.8 Å².